The normalized spacial score (nSPS) is 17.3. The minimum atomic E-state index is -2.89. The first-order chi connectivity index (χ1) is 5.33. The third kappa shape index (κ3) is 6.57. The predicted molar refractivity (Wildman–Crippen MR) is 48.9 cm³/mol. The van der Waals surface area contributed by atoms with Crippen LogP contribution in [0.2, 0.25) is 0 Å². The Morgan fingerprint density at radius 1 is 1.42 bits per heavy atom. The highest BCUT2D eigenvalue weighted by Gasteiger charge is 2.08. The molecule has 0 saturated heterocycles. The Morgan fingerprint density at radius 3 is 2.25 bits per heavy atom. The highest BCUT2D eigenvalue weighted by Crippen LogP contribution is 1.90. The Balaban J connectivity index is 3.58. The van der Waals surface area contributed by atoms with E-state index in [1.165, 1.54) is 6.26 Å². The molecule has 0 heterocycles. The Morgan fingerprint density at radius 2 is 1.92 bits per heavy atom. The molecule has 0 aliphatic heterocycles. The molecule has 0 fully saturated rings. The number of nitrogens with one attached hydrogen (secondary N) is 1. The van der Waals surface area contributed by atoms with Crippen molar-refractivity contribution in [2.45, 2.75) is 26.0 Å². The monoisotopic (exact) mass is 195 g/mol. The van der Waals surface area contributed by atoms with Gasteiger partial charge in [-0.3, -0.25) is 0 Å². The Bertz CT molecular complexity index is 211. The van der Waals surface area contributed by atoms with Crippen molar-refractivity contribution in [3.05, 3.63) is 0 Å². The molecular weight excluding hydrogens is 178 g/mol. The topological polar surface area (TPSA) is 66.4 Å². The summed E-state index contributed by atoms with van der Waals surface area (Å²) >= 11 is 0. The van der Waals surface area contributed by atoms with Gasteiger partial charge in [0.1, 0.15) is 9.84 Å². The summed E-state index contributed by atoms with van der Waals surface area (Å²) in [5.74, 6) is 0.115. The lowest BCUT2D eigenvalue weighted by molar-refractivity contribution is 0.154. The Labute approximate surface area is 73.9 Å². The molecule has 74 valence electrons. The summed E-state index contributed by atoms with van der Waals surface area (Å²) in [5.41, 5.74) is 0. The van der Waals surface area contributed by atoms with Crippen molar-refractivity contribution in [2.75, 3.05) is 18.6 Å². The Hall–Kier alpha value is -0.130. The lowest BCUT2D eigenvalue weighted by Gasteiger charge is -2.15. The van der Waals surface area contributed by atoms with Gasteiger partial charge in [0.15, 0.2) is 0 Å². The molecule has 0 amide bonds. The molecule has 0 aromatic heterocycles. The number of rotatable bonds is 5. The van der Waals surface area contributed by atoms with Crippen LogP contribution in [0, 0.1) is 0 Å². The second kappa shape index (κ2) is 4.79. The maximum atomic E-state index is 10.7. The summed E-state index contributed by atoms with van der Waals surface area (Å²) in [6, 6.07) is -0.0632. The SMILES string of the molecule is CC(O)C(C)NCCS(C)(=O)=O. The molecule has 4 nitrogen and oxygen atoms in total. The van der Waals surface area contributed by atoms with E-state index in [4.69, 9.17) is 5.11 Å². The summed E-state index contributed by atoms with van der Waals surface area (Å²) in [7, 11) is -2.89. The quantitative estimate of drug-likeness (QED) is 0.614. The van der Waals surface area contributed by atoms with Crippen molar-refractivity contribution < 1.29 is 13.5 Å². The smallest absolute Gasteiger partial charge is 0.148 e. The molecule has 12 heavy (non-hydrogen) atoms. The third-order valence-electron chi connectivity index (χ3n) is 1.66. The number of hydrogen-bond donors (Lipinski definition) is 2. The lowest BCUT2D eigenvalue weighted by Crippen LogP contribution is -2.38. The van der Waals surface area contributed by atoms with Crippen molar-refractivity contribution >= 4 is 9.84 Å². The maximum Gasteiger partial charge on any atom is 0.148 e. The van der Waals surface area contributed by atoms with E-state index in [0.29, 0.717) is 6.54 Å². The molecule has 0 spiro atoms. The van der Waals surface area contributed by atoms with Crippen LogP contribution in [0.15, 0.2) is 0 Å². The summed E-state index contributed by atoms with van der Waals surface area (Å²) in [5, 5.41) is 11.9. The largest absolute Gasteiger partial charge is 0.392 e. The van der Waals surface area contributed by atoms with Crippen LogP contribution in [0.3, 0.4) is 0 Å². The van der Waals surface area contributed by atoms with Crippen molar-refractivity contribution in [1.29, 1.82) is 0 Å². The fourth-order valence-electron chi connectivity index (χ4n) is 0.643. The van der Waals surface area contributed by atoms with E-state index in [2.05, 4.69) is 5.32 Å². The molecule has 2 N–H and O–H groups in total. The molecular formula is C7H17NO3S. The highest BCUT2D eigenvalue weighted by molar-refractivity contribution is 7.90. The van der Waals surface area contributed by atoms with Crippen LogP contribution in [0.5, 0.6) is 0 Å². The molecule has 0 rings (SSSR count). The van der Waals surface area contributed by atoms with Gasteiger partial charge in [-0.05, 0) is 13.8 Å². The minimum absolute atomic E-state index is 0.0632. The number of hydrogen-bond acceptors (Lipinski definition) is 4. The zero-order valence-corrected chi connectivity index (χ0v) is 8.56. The van der Waals surface area contributed by atoms with Crippen molar-refractivity contribution in [3.63, 3.8) is 0 Å². The number of aliphatic hydroxyl groups excluding tert-OH is 1. The summed E-state index contributed by atoms with van der Waals surface area (Å²) < 4.78 is 21.4. The summed E-state index contributed by atoms with van der Waals surface area (Å²) in [4.78, 5) is 0. The first-order valence-corrected chi connectivity index (χ1v) is 5.98. The van der Waals surface area contributed by atoms with E-state index in [1.807, 2.05) is 6.92 Å². The first kappa shape index (κ1) is 11.9. The van der Waals surface area contributed by atoms with Crippen LogP contribution in [0.25, 0.3) is 0 Å². The van der Waals surface area contributed by atoms with E-state index < -0.39 is 15.9 Å². The molecule has 0 aliphatic carbocycles. The van der Waals surface area contributed by atoms with Gasteiger partial charge in [-0.2, -0.15) is 0 Å². The Kier molecular flexibility index (Phi) is 4.74. The van der Waals surface area contributed by atoms with Gasteiger partial charge in [-0.1, -0.05) is 0 Å². The van der Waals surface area contributed by atoms with Gasteiger partial charge in [0, 0.05) is 18.8 Å². The van der Waals surface area contributed by atoms with Gasteiger partial charge in [-0.25, -0.2) is 8.42 Å². The van der Waals surface area contributed by atoms with E-state index >= 15 is 0 Å². The fraction of sp³-hybridized carbons (Fsp3) is 1.00. The second-order valence-electron chi connectivity index (χ2n) is 3.11. The van der Waals surface area contributed by atoms with E-state index in [1.54, 1.807) is 6.92 Å². The molecule has 0 aromatic carbocycles. The molecule has 0 bridgehead atoms. The number of sulfone groups is 1. The van der Waals surface area contributed by atoms with Gasteiger partial charge in [-0.15, -0.1) is 0 Å². The standard InChI is InChI=1S/C7H17NO3S/c1-6(7(2)9)8-4-5-12(3,10)11/h6-9H,4-5H2,1-3H3. The van der Waals surface area contributed by atoms with E-state index in [0.717, 1.165) is 0 Å². The fourth-order valence-corrected chi connectivity index (χ4v) is 1.13. The molecule has 0 radical (unpaired) electrons. The van der Waals surface area contributed by atoms with Crippen LogP contribution in [-0.2, 0) is 9.84 Å². The van der Waals surface area contributed by atoms with Gasteiger partial charge < -0.3 is 10.4 Å². The van der Waals surface area contributed by atoms with Crippen molar-refractivity contribution in [2.24, 2.45) is 0 Å². The maximum absolute atomic E-state index is 10.7. The van der Waals surface area contributed by atoms with Crippen LogP contribution >= 0.6 is 0 Å². The molecule has 0 saturated carbocycles. The minimum Gasteiger partial charge on any atom is -0.392 e. The van der Waals surface area contributed by atoms with Gasteiger partial charge >= 0.3 is 0 Å². The summed E-state index contributed by atoms with van der Waals surface area (Å²) in [6.45, 7) is 3.87. The van der Waals surface area contributed by atoms with Gasteiger partial charge in [0.25, 0.3) is 0 Å². The van der Waals surface area contributed by atoms with E-state index in [-0.39, 0.29) is 11.8 Å². The molecule has 0 aromatic rings. The van der Waals surface area contributed by atoms with Crippen LogP contribution < -0.4 is 5.32 Å². The average molecular weight is 195 g/mol. The van der Waals surface area contributed by atoms with Crippen molar-refractivity contribution in [1.82, 2.24) is 5.32 Å². The predicted octanol–water partition coefficient (Wildman–Crippen LogP) is -0.610. The molecule has 5 heteroatoms. The lowest BCUT2D eigenvalue weighted by atomic mass is 10.2. The zero-order valence-electron chi connectivity index (χ0n) is 7.74. The molecule has 2 unspecified atom stereocenters. The molecule has 2 atom stereocenters. The van der Waals surface area contributed by atoms with Crippen molar-refractivity contribution in [3.8, 4) is 0 Å². The van der Waals surface area contributed by atoms with Crippen LogP contribution in [-0.4, -0.2) is 44.2 Å². The van der Waals surface area contributed by atoms with Crippen LogP contribution in [0.4, 0.5) is 0 Å². The van der Waals surface area contributed by atoms with E-state index in [9.17, 15) is 8.42 Å². The van der Waals surface area contributed by atoms with Crippen LogP contribution in [0.1, 0.15) is 13.8 Å². The van der Waals surface area contributed by atoms with Gasteiger partial charge in [0.05, 0.1) is 11.9 Å². The number of aliphatic hydroxyl groups is 1. The molecule has 0 aliphatic rings. The highest BCUT2D eigenvalue weighted by atomic mass is 32.2. The second-order valence-corrected chi connectivity index (χ2v) is 5.37. The van der Waals surface area contributed by atoms with Gasteiger partial charge in [0.2, 0.25) is 0 Å². The third-order valence-corrected chi connectivity index (χ3v) is 2.61. The summed E-state index contributed by atoms with van der Waals surface area (Å²) in [6.07, 6.45) is 0.742. The average Bonchev–Trinajstić information content (AvgIpc) is 1.84. The first-order valence-electron chi connectivity index (χ1n) is 3.92. The zero-order chi connectivity index (χ0) is 9.78.